The number of hydrogen-bond acceptors (Lipinski definition) is 7. The van der Waals surface area contributed by atoms with Crippen LogP contribution in [0.15, 0.2) is 30.7 Å². The van der Waals surface area contributed by atoms with E-state index in [4.69, 9.17) is 21.6 Å². The Morgan fingerprint density at radius 2 is 1.72 bits per heavy atom. The van der Waals surface area contributed by atoms with E-state index in [2.05, 4.69) is 20.5 Å². The van der Waals surface area contributed by atoms with Crippen LogP contribution in [0.5, 0.6) is 0 Å². The summed E-state index contributed by atoms with van der Waals surface area (Å²) >= 11 is 6.06. The summed E-state index contributed by atoms with van der Waals surface area (Å²) in [4.78, 5) is 45.7. The van der Waals surface area contributed by atoms with Crippen LogP contribution in [0.25, 0.3) is 22.3 Å². The quantitative estimate of drug-likeness (QED) is 0.132. The molecule has 3 fully saturated rings. The molecule has 5 heterocycles. The van der Waals surface area contributed by atoms with Gasteiger partial charge in [-0.2, -0.15) is 0 Å². The normalized spacial score (nSPS) is 22.0. The molecule has 2 aliphatic carbocycles. The number of imidazole rings is 1. The van der Waals surface area contributed by atoms with Gasteiger partial charge in [-0.3, -0.25) is 14.6 Å². The first-order valence-electron chi connectivity index (χ1n) is 18.2. The van der Waals surface area contributed by atoms with Crippen LogP contribution in [0, 0.1) is 11.6 Å². The number of hydrogen-bond donors (Lipinski definition) is 2. The van der Waals surface area contributed by atoms with Crippen molar-refractivity contribution in [2.45, 2.75) is 108 Å². The second-order valence-corrected chi connectivity index (χ2v) is 16.1. The summed E-state index contributed by atoms with van der Waals surface area (Å²) in [7, 11) is 0. The van der Waals surface area contributed by atoms with Gasteiger partial charge in [0.2, 0.25) is 5.91 Å². The predicted molar refractivity (Wildman–Crippen MR) is 194 cm³/mol. The molecule has 0 radical (unpaired) electrons. The number of rotatable bonds is 9. The van der Waals surface area contributed by atoms with Crippen molar-refractivity contribution in [2.24, 2.45) is 0 Å². The fourth-order valence-corrected chi connectivity index (χ4v) is 8.21. The Balaban J connectivity index is 1.17. The first-order valence-corrected chi connectivity index (χ1v) is 18.6. The number of pyridine rings is 2. The number of nitrogens with zero attached hydrogens (tertiary/aromatic N) is 6. The van der Waals surface area contributed by atoms with Crippen LogP contribution >= 0.6 is 11.6 Å². The number of likely N-dealkylation sites (tertiary alicyclic amines) is 1. The van der Waals surface area contributed by atoms with Crippen LogP contribution in [0.3, 0.4) is 0 Å². The van der Waals surface area contributed by atoms with Crippen LogP contribution in [0.1, 0.15) is 94.7 Å². The third-order valence-corrected chi connectivity index (χ3v) is 11.8. The maximum absolute atomic E-state index is 15.6. The highest BCUT2D eigenvalue weighted by atomic mass is 35.5. The zero-order chi connectivity index (χ0) is 37.6. The summed E-state index contributed by atoms with van der Waals surface area (Å²) in [5.41, 5.74) is -0.160. The summed E-state index contributed by atoms with van der Waals surface area (Å²) in [5, 5.41) is 4.29. The van der Waals surface area contributed by atoms with Crippen molar-refractivity contribution in [3.8, 4) is 11.3 Å². The number of piperidine rings is 1. The van der Waals surface area contributed by atoms with Crippen molar-refractivity contribution in [1.82, 2.24) is 29.7 Å². The van der Waals surface area contributed by atoms with Crippen LogP contribution in [0.4, 0.5) is 34.8 Å². The highest BCUT2D eigenvalue weighted by Gasteiger charge is 2.53. The van der Waals surface area contributed by atoms with Gasteiger partial charge in [0.1, 0.15) is 11.1 Å². The fourth-order valence-electron chi connectivity index (χ4n) is 7.98. The second kappa shape index (κ2) is 12.9. The molecule has 2 aliphatic heterocycles. The molecule has 15 heteroatoms. The van der Waals surface area contributed by atoms with E-state index in [-0.39, 0.29) is 36.7 Å². The summed E-state index contributed by atoms with van der Waals surface area (Å²) in [6.45, 7) is 9.81. The van der Waals surface area contributed by atoms with E-state index >= 15 is 8.78 Å². The van der Waals surface area contributed by atoms with Crippen molar-refractivity contribution in [3.63, 3.8) is 0 Å². The molecule has 10 nitrogen and oxygen atoms in total. The third-order valence-electron chi connectivity index (χ3n) is 11.5. The van der Waals surface area contributed by atoms with E-state index in [9.17, 15) is 18.4 Å². The number of fused-ring (bicyclic) bond motifs is 2. The summed E-state index contributed by atoms with van der Waals surface area (Å²) < 4.78 is 59.9. The van der Waals surface area contributed by atoms with Gasteiger partial charge in [0.15, 0.2) is 17.5 Å². The molecule has 2 amide bonds. The molecule has 0 spiro atoms. The number of nitrogens with one attached hydrogen (secondary N) is 2. The minimum Gasteiger partial charge on any atom is -0.341 e. The Labute approximate surface area is 309 Å². The summed E-state index contributed by atoms with van der Waals surface area (Å²) in [6, 6.07) is 5.06. The zero-order valence-corrected chi connectivity index (χ0v) is 30.7. The predicted octanol–water partition coefficient (Wildman–Crippen LogP) is 7.92. The molecule has 0 unspecified atom stereocenters. The van der Waals surface area contributed by atoms with Crippen LogP contribution in [-0.4, -0.2) is 73.4 Å². The van der Waals surface area contributed by atoms with Gasteiger partial charge >= 0.3 is 0 Å². The summed E-state index contributed by atoms with van der Waals surface area (Å²) in [6.07, 6.45) is 5.98. The fraction of sp³-hybridized carbons (Fsp3) is 0.500. The maximum atomic E-state index is 15.6. The molecule has 3 aromatic heterocycles. The average molecular weight is 753 g/mol. The third kappa shape index (κ3) is 5.92. The smallest absolute Gasteiger partial charge is 0.261 e. The molecule has 0 bridgehead atoms. The first-order chi connectivity index (χ1) is 25.2. The van der Waals surface area contributed by atoms with Gasteiger partial charge in [-0.05, 0) is 97.5 Å². The van der Waals surface area contributed by atoms with Crippen LogP contribution in [-0.2, 0) is 10.2 Å². The monoisotopic (exact) mass is 752 g/mol. The lowest BCUT2D eigenvalue weighted by Gasteiger charge is -2.47. The molecule has 53 heavy (non-hydrogen) atoms. The zero-order valence-electron chi connectivity index (χ0n) is 29.9. The lowest BCUT2D eigenvalue weighted by Crippen LogP contribution is -2.57. The average Bonchev–Trinajstić information content (AvgIpc) is 3.72. The van der Waals surface area contributed by atoms with Crippen molar-refractivity contribution in [2.75, 3.05) is 23.3 Å². The van der Waals surface area contributed by atoms with E-state index in [1.165, 1.54) is 19.3 Å². The number of carbonyl (C=O) groups is 2. The van der Waals surface area contributed by atoms with Gasteiger partial charge in [0, 0.05) is 29.9 Å². The number of carbonyl (C=O) groups excluding carboxylic acids is 2. The molecule has 280 valence electrons. The number of benzene rings is 1. The Morgan fingerprint density at radius 1 is 1.00 bits per heavy atom. The van der Waals surface area contributed by atoms with E-state index in [0.29, 0.717) is 34.0 Å². The highest BCUT2D eigenvalue weighted by molar-refractivity contribution is 6.34. The SMILES string of the molecule is CC(C)n1cnc2cc(-c3cnc4c(c3)N(C3CC(N5CCCCC5)C3)C(=O)C4(C)C)nc(Nc3cc(C(=O)NC4(C(F)F)CC4)c(Cl)c(F)c3F)c21. The number of anilines is 3. The van der Waals surface area contributed by atoms with Gasteiger partial charge in [0.25, 0.3) is 12.3 Å². The summed E-state index contributed by atoms with van der Waals surface area (Å²) in [5.74, 6) is -3.84. The Kier molecular flexibility index (Phi) is 8.71. The molecular weight excluding hydrogens is 712 g/mol. The molecule has 4 aromatic rings. The van der Waals surface area contributed by atoms with Gasteiger partial charge in [0.05, 0.1) is 50.6 Å². The van der Waals surface area contributed by atoms with E-state index in [1.807, 2.05) is 43.2 Å². The minimum atomic E-state index is -2.83. The molecule has 1 saturated heterocycles. The topological polar surface area (TPSA) is 108 Å². The van der Waals surface area contributed by atoms with E-state index in [1.54, 1.807) is 18.6 Å². The molecule has 4 aliphatic rings. The molecule has 0 atom stereocenters. The largest absolute Gasteiger partial charge is 0.341 e. The lowest BCUT2D eigenvalue weighted by atomic mass is 9.83. The van der Waals surface area contributed by atoms with Crippen LogP contribution in [0.2, 0.25) is 5.02 Å². The van der Waals surface area contributed by atoms with Crippen LogP contribution < -0.4 is 15.5 Å². The second-order valence-electron chi connectivity index (χ2n) is 15.7. The number of aromatic nitrogens is 4. The van der Waals surface area contributed by atoms with Gasteiger partial charge in [-0.15, -0.1) is 0 Å². The molecule has 2 saturated carbocycles. The standard InChI is InChI=1S/C38H41ClF4N8O2/c1-19(2)50-18-45-26-16-24(20-12-27-32(44-17-20)37(3,4)36(53)51(27)22-13-21(14-22)49-10-6-5-7-11-49)46-33(31(26)50)47-25-15-23(28(39)30(41)29(25)40)34(52)48-38(8-9-38)35(42)43/h12,15-19,21-22,35H,5-11,13-14H2,1-4H3,(H,46,47)(H,48,52). The van der Waals surface area contributed by atoms with E-state index < -0.39 is 51.2 Å². The van der Waals surface area contributed by atoms with Gasteiger partial charge in [-0.1, -0.05) is 18.0 Å². The number of alkyl halides is 2. The van der Waals surface area contributed by atoms with Gasteiger partial charge in [-0.25, -0.2) is 27.5 Å². The molecule has 1 aromatic carbocycles. The van der Waals surface area contributed by atoms with Crippen molar-refractivity contribution >= 4 is 51.6 Å². The maximum Gasteiger partial charge on any atom is 0.261 e. The minimum absolute atomic E-state index is 0.00178. The highest BCUT2D eigenvalue weighted by Crippen LogP contribution is 2.47. The Bertz CT molecular complexity index is 2140. The van der Waals surface area contributed by atoms with Crippen molar-refractivity contribution in [1.29, 1.82) is 0 Å². The molecule has 2 N–H and O–H groups in total. The number of amides is 2. The molecular formula is C38H41ClF4N8O2. The van der Waals surface area contributed by atoms with Crippen molar-refractivity contribution in [3.05, 3.63) is 58.6 Å². The number of halogens is 5. The van der Waals surface area contributed by atoms with E-state index in [0.717, 1.165) is 37.7 Å². The van der Waals surface area contributed by atoms with Crippen molar-refractivity contribution < 1.29 is 27.2 Å². The Morgan fingerprint density at radius 3 is 2.38 bits per heavy atom. The lowest BCUT2D eigenvalue weighted by molar-refractivity contribution is -0.123. The molecule has 8 rings (SSSR count). The van der Waals surface area contributed by atoms with Gasteiger partial charge < -0.3 is 25.0 Å². The Hall–Kier alpha value is -4.30. The first kappa shape index (κ1) is 35.7.